The Morgan fingerprint density at radius 1 is 1.06 bits per heavy atom. The van der Waals surface area contributed by atoms with Gasteiger partial charge < -0.3 is 40.2 Å². The van der Waals surface area contributed by atoms with E-state index in [4.69, 9.17) is 21.3 Å². The Morgan fingerprint density at radius 2 is 1.29 bits per heavy atom. The van der Waals surface area contributed by atoms with Crippen LogP contribution in [0.25, 0.3) is 0 Å². The van der Waals surface area contributed by atoms with Crippen molar-refractivity contribution < 1.29 is 87.8 Å². The Morgan fingerprint density at radius 3 is 1.35 bits per heavy atom. The quantitative estimate of drug-likeness (QED) is 0.291. The first kappa shape index (κ1) is 33.0. The SMILES string of the molecule is NCCC(N)(P(=O)([O-])O)P(=O)([O-])O.[Na+].[Na+].[Na].[Na]. The molecular weight excluding hydrogens is 314 g/mol. The summed E-state index contributed by atoms with van der Waals surface area (Å²) in [6.07, 6.45) is -0.776. The van der Waals surface area contributed by atoms with Crippen LogP contribution in [0.15, 0.2) is 0 Å². The molecule has 0 amide bonds. The summed E-state index contributed by atoms with van der Waals surface area (Å²) < 4.78 is 21.1. The van der Waals surface area contributed by atoms with Crippen molar-refractivity contribution in [3.05, 3.63) is 0 Å². The molecule has 0 aromatic carbocycles. The van der Waals surface area contributed by atoms with Crippen LogP contribution >= 0.6 is 15.2 Å². The first-order valence-corrected chi connectivity index (χ1v) is 6.28. The van der Waals surface area contributed by atoms with Gasteiger partial charge in [-0.25, -0.2) is 0 Å². The van der Waals surface area contributed by atoms with Crippen molar-refractivity contribution >= 4 is 74.3 Å². The van der Waals surface area contributed by atoms with Crippen LogP contribution < -0.4 is 80.4 Å². The minimum absolute atomic E-state index is 0. The van der Waals surface area contributed by atoms with Crippen molar-refractivity contribution in [2.45, 2.75) is 11.4 Å². The normalized spacial score (nSPS) is 19.6. The van der Waals surface area contributed by atoms with Crippen LogP contribution in [0.2, 0.25) is 0 Å². The molecule has 0 rings (SSSR count). The zero-order chi connectivity index (χ0) is 10.9. The molecule has 0 aromatic rings. The summed E-state index contributed by atoms with van der Waals surface area (Å²) >= 11 is 0. The van der Waals surface area contributed by atoms with Gasteiger partial charge in [0.2, 0.25) is 0 Å². The van der Waals surface area contributed by atoms with E-state index < -0.39 is 33.2 Å². The summed E-state index contributed by atoms with van der Waals surface area (Å²) in [6.45, 7) is -0.407. The Kier molecular flexibility index (Phi) is 24.7. The molecule has 2 radical (unpaired) electrons. The van der Waals surface area contributed by atoms with Gasteiger partial charge in [-0.2, -0.15) is 0 Å². The fourth-order valence-corrected chi connectivity index (χ4v) is 2.76. The molecule has 2 atom stereocenters. The summed E-state index contributed by atoms with van der Waals surface area (Å²) in [5.74, 6) is 0. The van der Waals surface area contributed by atoms with Crippen LogP contribution in [-0.4, -0.2) is 80.5 Å². The first-order valence-electron chi connectivity index (χ1n) is 3.13. The molecular formula is C3H10N2Na4O6P2. The van der Waals surface area contributed by atoms with Gasteiger partial charge in [0.25, 0.3) is 0 Å². The zero-order valence-electron chi connectivity index (χ0n) is 10.5. The number of nitrogens with two attached hydrogens (primary N) is 2. The van der Waals surface area contributed by atoms with Crippen LogP contribution in [0.4, 0.5) is 0 Å². The third kappa shape index (κ3) is 9.76. The molecule has 0 bridgehead atoms. The molecule has 6 N–H and O–H groups in total. The van der Waals surface area contributed by atoms with Crippen molar-refractivity contribution in [2.24, 2.45) is 11.5 Å². The predicted octanol–water partition coefficient (Wildman–Crippen LogP) is -9.71. The second-order valence-corrected chi connectivity index (χ2v) is 6.49. The maximum atomic E-state index is 10.6. The van der Waals surface area contributed by atoms with E-state index in [-0.39, 0.29) is 118 Å². The fourth-order valence-electron chi connectivity index (χ4n) is 0.655. The van der Waals surface area contributed by atoms with Gasteiger partial charge in [0.1, 0.15) is 5.02 Å². The second-order valence-electron chi connectivity index (χ2n) is 2.46. The average Bonchev–Trinajstić information content (AvgIpc) is 1.82. The summed E-state index contributed by atoms with van der Waals surface area (Å²) in [4.78, 5) is 38.1. The smallest absolute Gasteiger partial charge is 0.777 e. The van der Waals surface area contributed by atoms with Gasteiger partial charge >= 0.3 is 59.1 Å². The van der Waals surface area contributed by atoms with Gasteiger partial charge in [-0.1, -0.05) is 0 Å². The van der Waals surface area contributed by atoms with E-state index in [0.717, 1.165) is 0 Å². The number of hydrogen-bond donors (Lipinski definition) is 4. The van der Waals surface area contributed by atoms with E-state index in [1.165, 1.54) is 0 Å². The van der Waals surface area contributed by atoms with Crippen molar-refractivity contribution in [1.29, 1.82) is 0 Å². The minimum Gasteiger partial charge on any atom is -0.777 e. The first-order chi connectivity index (χ1) is 5.56. The molecule has 0 aliphatic heterocycles. The molecule has 0 aliphatic rings. The van der Waals surface area contributed by atoms with Gasteiger partial charge in [0.05, 0.1) is 0 Å². The molecule has 14 heteroatoms. The maximum absolute atomic E-state index is 10.6. The van der Waals surface area contributed by atoms with E-state index in [0.29, 0.717) is 0 Å². The standard InChI is InChI=1S/C3H12N2O6P2.4Na/c4-2-1-3(5,12(6,7)8)13(9,10)11;;;;/h1-2,4-5H2,(H2,6,7,8)(H2,9,10,11);;;;/q;;;2*+1/p-2. The van der Waals surface area contributed by atoms with Crippen molar-refractivity contribution in [1.82, 2.24) is 0 Å². The third-order valence-electron chi connectivity index (χ3n) is 1.49. The topological polar surface area (TPSA) is 173 Å². The number of hydrogen-bond acceptors (Lipinski definition) is 6. The van der Waals surface area contributed by atoms with Gasteiger partial charge in [-0.05, 0) is 13.0 Å². The van der Waals surface area contributed by atoms with Crippen LogP contribution in [0.1, 0.15) is 6.42 Å². The molecule has 82 valence electrons. The van der Waals surface area contributed by atoms with Crippen LogP contribution in [-0.2, 0) is 9.13 Å². The predicted molar refractivity (Wildman–Crippen MR) is 51.7 cm³/mol. The van der Waals surface area contributed by atoms with Gasteiger partial charge in [-0.15, -0.1) is 0 Å². The zero-order valence-corrected chi connectivity index (χ0v) is 20.3. The van der Waals surface area contributed by atoms with Crippen LogP contribution in [0, 0.1) is 0 Å². The molecule has 0 aliphatic carbocycles. The molecule has 8 nitrogen and oxygen atoms in total. The van der Waals surface area contributed by atoms with E-state index in [1.807, 2.05) is 0 Å². The van der Waals surface area contributed by atoms with E-state index in [2.05, 4.69) is 0 Å². The van der Waals surface area contributed by atoms with Gasteiger partial charge in [0.15, 0.2) is 15.2 Å². The summed E-state index contributed by atoms with van der Waals surface area (Å²) in [5.41, 5.74) is 9.72. The Balaban J connectivity index is -0.000000120. The summed E-state index contributed by atoms with van der Waals surface area (Å²) in [7, 11) is -10.8. The molecule has 0 heterocycles. The fraction of sp³-hybridized carbons (Fsp3) is 1.00. The molecule has 2 unspecified atom stereocenters. The Hall–Kier alpha value is 4.22. The summed E-state index contributed by atoms with van der Waals surface area (Å²) in [6, 6.07) is 0. The molecule has 0 spiro atoms. The van der Waals surface area contributed by atoms with Crippen LogP contribution in [0.3, 0.4) is 0 Å². The van der Waals surface area contributed by atoms with Gasteiger partial charge in [-0.3, -0.25) is 0 Å². The largest absolute Gasteiger partial charge is 1.00 e. The third-order valence-corrected chi connectivity index (χ3v) is 5.41. The van der Waals surface area contributed by atoms with Crippen molar-refractivity contribution in [3.63, 3.8) is 0 Å². The molecule has 0 aromatic heterocycles. The van der Waals surface area contributed by atoms with E-state index >= 15 is 0 Å². The van der Waals surface area contributed by atoms with E-state index in [9.17, 15) is 18.9 Å². The maximum Gasteiger partial charge on any atom is 1.00 e. The number of rotatable bonds is 4. The Bertz CT molecular complexity index is 258. The van der Waals surface area contributed by atoms with Crippen molar-refractivity contribution in [3.8, 4) is 0 Å². The molecule has 17 heavy (non-hydrogen) atoms. The minimum atomic E-state index is -5.40. The Labute approximate surface area is 188 Å². The second kappa shape index (κ2) is 12.7. The van der Waals surface area contributed by atoms with E-state index in [1.54, 1.807) is 0 Å². The molecule has 0 fully saturated rings. The molecule has 0 saturated heterocycles. The monoisotopic (exact) mass is 324 g/mol. The molecule has 0 saturated carbocycles. The van der Waals surface area contributed by atoms with Gasteiger partial charge in [0, 0.05) is 59.1 Å². The summed E-state index contributed by atoms with van der Waals surface area (Å²) in [5, 5.41) is -3.09. The van der Waals surface area contributed by atoms with Crippen LogP contribution in [0.5, 0.6) is 0 Å². The average molecular weight is 324 g/mol. The van der Waals surface area contributed by atoms with Crippen molar-refractivity contribution in [2.75, 3.05) is 6.54 Å².